The highest BCUT2D eigenvalue weighted by molar-refractivity contribution is 5.83. The fourth-order valence-corrected chi connectivity index (χ4v) is 2.89. The van der Waals surface area contributed by atoms with Gasteiger partial charge in [0.2, 0.25) is 0 Å². The van der Waals surface area contributed by atoms with Crippen molar-refractivity contribution in [3.63, 3.8) is 0 Å². The Balaban J connectivity index is 2.22. The molecule has 2 aromatic carbocycles. The molecule has 0 heterocycles. The quantitative estimate of drug-likeness (QED) is 0.877. The zero-order valence-electron chi connectivity index (χ0n) is 11.2. The Morgan fingerprint density at radius 3 is 1.50 bits per heavy atom. The number of benzene rings is 2. The average Bonchev–Trinajstić information content (AvgIpc) is 2.82. The van der Waals surface area contributed by atoms with Gasteiger partial charge in [-0.15, -0.1) is 0 Å². The molecule has 102 valence electrons. The summed E-state index contributed by atoms with van der Waals surface area (Å²) < 4.78 is 0. The third-order valence-electron chi connectivity index (χ3n) is 3.85. The van der Waals surface area contributed by atoms with Crippen molar-refractivity contribution in [2.75, 3.05) is 0 Å². The fourth-order valence-electron chi connectivity index (χ4n) is 2.89. The standard InChI is InChI=1S/C18H18O2/c19-15-11-12-16(20)18(15)17(13-7-3-1-4-8-13)14-9-5-2-6-10-14/h1-10,15-16,19-20H,11-12H2/t15-,16+. The third kappa shape index (κ3) is 2.40. The van der Waals surface area contributed by atoms with Crippen molar-refractivity contribution < 1.29 is 10.2 Å². The maximum Gasteiger partial charge on any atom is 0.0785 e. The van der Waals surface area contributed by atoms with Crippen LogP contribution in [0.2, 0.25) is 0 Å². The molecule has 0 aromatic heterocycles. The summed E-state index contributed by atoms with van der Waals surface area (Å²) in [5, 5.41) is 20.5. The van der Waals surface area contributed by atoms with E-state index in [4.69, 9.17) is 0 Å². The van der Waals surface area contributed by atoms with Gasteiger partial charge >= 0.3 is 0 Å². The molecule has 0 aliphatic heterocycles. The number of rotatable bonds is 2. The lowest BCUT2D eigenvalue weighted by molar-refractivity contribution is 0.199. The number of aliphatic hydroxyl groups is 2. The maximum atomic E-state index is 10.2. The molecule has 0 bridgehead atoms. The molecule has 1 aliphatic rings. The van der Waals surface area contributed by atoms with Crippen molar-refractivity contribution in [2.24, 2.45) is 0 Å². The van der Waals surface area contributed by atoms with E-state index in [2.05, 4.69) is 0 Å². The smallest absolute Gasteiger partial charge is 0.0785 e. The summed E-state index contributed by atoms with van der Waals surface area (Å²) in [7, 11) is 0. The van der Waals surface area contributed by atoms with Crippen LogP contribution in [0.1, 0.15) is 24.0 Å². The van der Waals surface area contributed by atoms with E-state index in [-0.39, 0.29) is 0 Å². The molecule has 1 saturated carbocycles. The van der Waals surface area contributed by atoms with Crippen molar-refractivity contribution >= 4 is 5.57 Å². The highest BCUT2D eigenvalue weighted by Crippen LogP contribution is 2.36. The number of hydrogen-bond acceptors (Lipinski definition) is 2. The predicted octanol–water partition coefficient (Wildman–Crippen LogP) is 3.00. The first kappa shape index (κ1) is 13.1. The van der Waals surface area contributed by atoms with Crippen molar-refractivity contribution in [1.82, 2.24) is 0 Å². The first-order valence-corrected chi connectivity index (χ1v) is 6.98. The first-order valence-electron chi connectivity index (χ1n) is 6.98. The van der Waals surface area contributed by atoms with Crippen LogP contribution in [-0.4, -0.2) is 22.4 Å². The summed E-state index contributed by atoms with van der Waals surface area (Å²) in [6, 6.07) is 19.9. The average molecular weight is 266 g/mol. The van der Waals surface area contributed by atoms with Crippen molar-refractivity contribution in [2.45, 2.75) is 25.0 Å². The minimum absolute atomic E-state index is 0.555. The van der Waals surface area contributed by atoms with E-state index in [1.165, 1.54) is 0 Å². The highest BCUT2D eigenvalue weighted by atomic mass is 16.3. The van der Waals surface area contributed by atoms with Crippen LogP contribution in [0.5, 0.6) is 0 Å². The largest absolute Gasteiger partial charge is 0.389 e. The molecule has 2 heteroatoms. The number of aliphatic hydroxyl groups excluding tert-OH is 2. The molecule has 0 saturated heterocycles. The van der Waals surface area contributed by atoms with E-state index >= 15 is 0 Å². The molecule has 0 spiro atoms. The van der Waals surface area contributed by atoms with Gasteiger partial charge in [0.15, 0.2) is 0 Å². The summed E-state index contributed by atoms with van der Waals surface area (Å²) in [5.41, 5.74) is 3.79. The maximum absolute atomic E-state index is 10.2. The predicted molar refractivity (Wildman–Crippen MR) is 80.2 cm³/mol. The zero-order chi connectivity index (χ0) is 13.9. The summed E-state index contributed by atoms with van der Waals surface area (Å²) in [5.74, 6) is 0. The van der Waals surface area contributed by atoms with Gasteiger partial charge in [0, 0.05) is 0 Å². The topological polar surface area (TPSA) is 40.5 Å². The highest BCUT2D eigenvalue weighted by Gasteiger charge is 2.31. The molecular formula is C18H18O2. The van der Waals surface area contributed by atoms with E-state index < -0.39 is 12.2 Å². The second-order valence-electron chi connectivity index (χ2n) is 5.17. The van der Waals surface area contributed by atoms with E-state index in [9.17, 15) is 10.2 Å². The normalized spacial score (nSPS) is 22.0. The second-order valence-corrected chi connectivity index (χ2v) is 5.17. The third-order valence-corrected chi connectivity index (χ3v) is 3.85. The van der Waals surface area contributed by atoms with E-state index in [1.807, 2.05) is 60.7 Å². The van der Waals surface area contributed by atoms with Crippen LogP contribution in [-0.2, 0) is 0 Å². The van der Waals surface area contributed by atoms with Crippen LogP contribution >= 0.6 is 0 Å². The summed E-state index contributed by atoms with van der Waals surface area (Å²) in [6.07, 6.45) is 0.139. The molecule has 2 N–H and O–H groups in total. The summed E-state index contributed by atoms with van der Waals surface area (Å²) in [4.78, 5) is 0. The van der Waals surface area contributed by atoms with Crippen LogP contribution < -0.4 is 0 Å². The van der Waals surface area contributed by atoms with E-state index in [1.54, 1.807) is 0 Å². The van der Waals surface area contributed by atoms with Gasteiger partial charge in [-0.2, -0.15) is 0 Å². The molecule has 20 heavy (non-hydrogen) atoms. The minimum atomic E-state index is -0.555. The molecule has 1 fully saturated rings. The minimum Gasteiger partial charge on any atom is -0.389 e. The Bertz CT molecular complexity index is 548. The van der Waals surface area contributed by atoms with Crippen LogP contribution in [0, 0.1) is 0 Å². The lowest BCUT2D eigenvalue weighted by Crippen LogP contribution is -2.13. The van der Waals surface area contributed by atoms with Crippen LogP contribution in [0.3, 0.4) is 0 Å². The van der Waals surface area contributed by atoms with Gasteiger partial charge in [0.25, 0.3) is 0 Å². The van der Waals surface area contributed by atoms with Crippen LogP contribution in [0.25, 0.3) is 5.57 Å². The molecule has 2 aromatic rings. The van der Waals surface area contributed by atoms with Crippen molar-refractivity contribution in [3.8, 4) is 0 Å². The molecular weight excluding hydrogens is 248 g/mol. The first-order chi connectivity index (χ1) is 9.77. The molecule has 0 amide bonds. The SMILES string of the molecule is O[C@@H]1CC[C@H](O)C1=C(c1ccccc1)c1ccccc1. The molecule has 0 radical (unpaired) electrons. The van der Waals surface area contributed by atoms with Crippen LogP contribution in [0.4, 0.5) is 0 Å². The summed E-state index contributed by atoms with van der Waals surface area (Å²) >= 11 is 0. The van der Waals surface area contributed by atoms with Gasteiger partial charge in [-0.25, -0.2) is 0 Å². The van der Waals surface area contributed by atoms with Crippen molar-refractivity contribution in [3.05, 3.63) is 77.4 Å². The Morgan fingerprint density at radius 2 is 1.10 bits per heavy atom. The van der Waals surface area contributed by atoms with Gasteiger partial charge in [0.05, 0.1) is 12.2 Å². The second kappa shape index (κ2) is 5.61. The Labute approximate surface area is 119 Å². The van der Waals surface area contributed by atoms with Gasteiger partial charge in [0.1, 0.15) is 0 Å². The summed E-state index contributed by atoms with van der Waals surface area (Å²) in [6.45, 7) is 0. The lowest BCUT2D eigenvalue weighted by Gasteiger charge is -2.17. The van der Waals surface area contributed by atoms with Gasteiger partial charge in [-0.3, -0.25) is 0 Å². The van der Waals surface area contributed by atoms with Gasteiger partial charge < -0.3 is 10.2 Å². The fraction of sp³-hybridized carbons (Fsp3) is 0.222. The molecule has 3 rings (SSSR count). The van der Waals surface area contributed by atoms with E-state index in [0.717, 1.165) is 22.3 Å². The van der Waals surface area contributed by atoms with Crippen LogP contribution in [0.15, 0.2) is 66.2 Å². The Morgan fingerprint density at radius 1 is 0.700 bits per heavy atom. The molecule has 1 aliphatic carbocycles. The number of hydrogen-bond donors (Lipinski definition) is 2. The lowest BCUT2D eigenvalue weighted by atomic mass is 9.90. The van der Waals surface area contributed by atoms with Gasteiger partial charge in [-0.1, -0.05) is 60.7 Å². The monoisotopic (exact) mass is 266 g/mol. The van der Waals surface area contributed by atoms with E-state index in [0.29, 0.717) is 12.8 Å². The van der Waals surface area contributed by atoms with Gasteiger partial charge in [-0.05, 0) is 35.1 Å². The molecule has 2 atom stereocenters. The zero-order valence-corrected chi connectivity index (χ0v) is 11.2. The Hall–Kier alpha value is -1.90. The molecule has 0 unspecified atom stereocenters. The van der Waals surface area contributed by atoms with Crippen molar-refractivity contribution in [1.29, 1.82) is 0 Å². The molecule has 2 nitrogen and oxygen atoms in total. The Kier molecular flexibility index (Phi) is 3.68.